The van der Waals surface area contributed by atoms with Gasteiger partial charge in [-0.1, -0.05) is 48.0 Å². The van der Waals surface area contributed by atoms with Crippen LogP contribution in [0.15, 0.2) is 60.7 Å². The molecule has 0 aliphatic carbocycles. The Balaban J connectivity index is 1.80. The average molecular weight is 520 g/mol. The SMILES string of the molecule is Cc1cccc(Cl)c1C(=O)n1nc(-c2ccc(C(=O)O)cc2)c2ccc(CNC(=O)OC(C)(C)C)cc21. The van der Waals surface area contributed by atoms with Crippen molar-refractivity contribution in [2.24, 2.45) is 0 Å². The van der Waals surface area contributed by atoms with Crippen LogP contribution in [0.25, 0.3) is 22.2 Å². The molecule has 4 rings (SSSR count). The quantitative estimate of drug-likeness (QED) is 0.331. The van der Waals surface area contributed by atoms with E-state index in [-0.39, 0.29) is 12.1 Å². The number of rotatable bonds is 5. The summed E-state index contributed by atoms with van der Waals surface area (Å²) < 4.78 is 6.60. The van der Waals surface area contributed by atoms with Crippen molar-refractivity contribution in [3.63, 3.8) is 0 Å². The number of carbonyl (C=O) groups is 3. The van der Waals surface area contributed by atoms with E-state index >= 15 is 0 Å². The summed E-state index contributed by atoms with van der Waals surface area (Å²) >= 11 is 6.39. The predicted molar refractivity (Wildman–Crippen MR) is 141 cm³/mol. The van der Waals surface area contributed by atoms with Crippen LogP contribution in [0.1, 0.15) is 52.6 Å². The second-order valence-electron chi connectivity index (χ2n) is 9.59. The summed E-state index contributed by atoms with van der Waals surface area (Å²) in [6.45, 7) is 7.32. The van der Waals surface area contributed by atoms with Gasteiger partial charge in [0.05, 0.1) is 21.7 Å². The molecule has 2 N–H and O–H groups in total. The fourth-order valence-electron chi connectivity index (χ4n) is 3.91. The van der Waals surface area contributed by atoms with Crippen molar-refractivity contribution in [1.29, 1.82) is 0 Å². The van der Waals surface area contributed by atoms with Gasteiger partial charge in [-0.15, -0.1) is 0 Å². The summed E-state index contributed by atoms with van der Waals surface area (Å²) in [7, 11) is 0. The number of carboxylic acid groups (broad SMARTS) is 1. The number of halogens is 1. The molecule has 1 aromatic heterocycles. The average Bonchev–Trinajstić information content (AvgIpc) is 3.20. The normalized spacial score (nSPS) is 11.4. The molecule has 9 heteroatoms. The molecule has 4 aromatic rings. The van der Waals surface area contributed by atoms with E-state index in [0.717, 1.165) is 5.56 Å². The Morgan fingerprint density at radius 2 is 1.76 bits per heavy atom. The zero-order valence-electron chi connectivity index (χ0n) is 20.8. The molecular weight excluding hydrogens is 494 g/mol. The maximum atomic E-state index is 13.7. The molecule has 0 aliphatic heterocycles. The van der Waals surface area contributed by atoms with E-state index in [9.17, 15) is 19.5 Å². The van der Waals surface area contributed by atoms with Crippen molar-refractivity contribution < 1.29 is 24.2 Å². The number of aryl methyl sites for hydroxylation is 1. The van der Waals surface area contributed by atoms with Gasteiger partial charge in [-0.3, -0.25) is 4.79 Å². The molecule has 0 bridgehead atoms. The Kier molecular flexibility index (Phi) is 7.05. The van der Waals surface area contributed by atoms with E-state index in [1.165, 1.54) is 16.8 Å². The number of amides is 1. The third-order valence-corrected chi connectivity index (χ3v) is 5.93. The number of fused-ring (bicyclic) bond motifs is 1. The lowest BCUT2D eigenvalue weighted by molar-refractivity contribution is 0.0522. The van der Waals surface area contributed by atoms with Crippen molar-refractivity contribution in [1.82, 2.24) is 15.1 Å². The molecule has 0 aliphatic rings. The highest BCUT2D eigenvalue weighted by molar-refractivity contribution is 6.34. The minimum absolute atomic E-state index is 0.144. The van der Waals surface area contributed by atoms with Gasteiger partial charge in [0.15, 0.2) is 0 Å². The molecule has 37 heavy (non-hydrogen) atoms. The Labute approximate surface area is 218 Å². The lowest BCUT2D eigenvalue weighted by Gasteiger charge is -2.19. The molecule has 0 unspecified atom stereocenters. The second kappa shape index (κ2) is 10.1. The van der Waals surface area contributed by atoms with Crippen LogP contribution in [0.5, 0.6) is 0 Å². The van der Waals surface area contributed by atoms with Crippen LogP contribution in [0, 0.1) is 6.92 Å². The number of ether oxygens (including phenoxy) is 1. The van der Waals surface area contributed by atoms with Crippen molar-refractivity contribution in [3.05, 3.63) is 87.9 Å². The maximum absolute atomic E-state index is 13.7. The Bertz CT molecular complexity index is 1500. The van der Waals surface area contributed by atoms with Gasteiger partial charge in [-0.05, 0) is 63.1 Å². The van der Waals surface area contributed by atoms with Crippen molar-refractivity contribution in [3.8, 4) is 11.3 Å². The highest BCUT2D eigenvalue weighted by Gasteiger charge is 2.22. The van der Waals surface area contributed by atoms with Crippen LogP contribution in [-0.2, 0) is 11.3 Å². The maximum Gasteiger partial charge on any atom is 0.407 e. The smallest absolute Gasteiger partial charge is 0.407 e. The first kappa shape index (κ1) is 25.9. The molecule has 0 atom stereocenters. The van der Waals surface area contributed by atoms with Gasteiger partial charge in [0.1, 0.15) is 11.3 Å². The zero-order valence-corrected chi connectivity index (χ0v) is 21.6. The van der Waals surface area contributed by atoms with E-state index in [0.29, 0.717) is 38.3 Å². The first-order valence-electron chi connectivity index (χ1n) is 11.6. The summed E-state index contributed by atoms with van der Waals surface area (Å²) in [4.78, 5) is 37.1. The highest BCUT2D eigenvalue weighted by Crippen LogP contribution is 2.31. The molecule has 190 valence electrons. The van der Waals surface area contributed by atoms with E-state index in [1.54, 1.807) is 64.1 Å². The summed E-state index contributed by atoms with van der Waals surface area (Å²) in [5.41, 5.74) is 2.96. The van der Waals surface area contributed by atoms with Crippen molar-refractivity contribution >= 4 is 40.5 Å². The summed E-state index contributed by atoms with van der Waals surface area (Å²) in [5, 5.41) is 17.6. The number of carboxylic acids is 1. The number of hydrogen-bond acceptors (Lipinski definition) is 5. The van der Waals surface area contributed by atoms with Gasteiger partial charge in [-0.2, -0.15) is 9.78 Å². The number of aromatic carboxylic acids is 1. The number of carbonyl (C=O) groups excluding carboxylic acids is 2. The minimum Gasteiger partial charge on any atom is -0.478 e. The molecule has 0 radical (unpaired) electrons. The van der Waals surface area contributed by atoms with Crippen LogP contribution in [0.4, 0.5) is 4.79 Å². The standard InChI is InChI=1S/C28H26ClN3O5/c1-16-6-5-7-21(29)23(16)25(33)32-22-14-17(15-30-27(36)37-28(2,3)4)8-13-20(22)24(31-32)18-9-11-19(12-10-18)26(34)35/h5-14H,15H2,1-4H3,(H,30,36)(H,34,35). The molecular formula is C28H26ClN3O5. The lowest BCUT2D eigenvalue weighted by atomic mass is 10.0. The van der Waals surface area contributed by atoms with Crippen LogP contribution in [0.2, 0.25) is 5.02 Å². The Morgan fingerprint density at radius 1 is 1.05 bits per heavy atom. The number of alkyl carbamates (subject to hydrolysis) is 1. The van der Waals surface area contributed by atoms with Gasteiger partial charge in [-0.25, -0.2) is 9.59 Å². The number of aromatic nitrogens is 2. The third-order valence-electron chi connectivity index (χ3n) is 5.61. The van der Waals surface area contributed by atoms with Crippen LogP contribution >= 0.6 is 11.6 Å². The topological polar surface area (TPSA) is 111 Å². The van der Waals surface area contributed by atoms with Crippen molar-refractivity contribution in [2.45, 2.75) is 39.8 Å². The highest BCUT2D eigenvalue weighted by atomic mass is 35.5. The minimum atomic E-state index is -1.03. The van der Waals surface area contributed by atoms with E-state index in [2.05, 4.69) is 10.4 Å². The Morgan fingerprint density at radius 3 is 2.38 bits per heavy atom. The van der Waals surface area contributed by atoms with Gasteiger partial charge in [0, 0.05) is 17.5 Å². The molecule has 0 saturated heterocycles. The van der Waals surface area contributed by atoms with Crippen LogP contribution in [0.3, 0.4) is 0 Å². The summed E-state index contributed by atoms with van der Waals surface area (Å²) in [6.07, 6.45) is -0.553. The van der Waals surface area contributed by atoms with Crippen LogP contribution < -0.4 is 5.32 Å². The lowest BCUT2D eigenvalue weighted by Crippen LogP contribution is -2.32. The van der Waals surface area contributed by atoms with Gasteiger partial charge >= 0.3 is 12.1 Å². The van der Waals surface area contributed by atoms with Gasteiger partial charge < -0.3 is 15.2 Å². The first-order valence-corrected chi connectivity index (χ1v) is 11.9. The number of benzene rings is 3. The first-order chi connectivity index (χ1) is 17.4. The van der Waals surface area contributed by atoms with E-state index in [4.69, 9.17) is 16.3 Å². The predicted octanol–water partition coefficient (Wildman–Crippen LogP) is 6.08. The molecule has 0 saturated carbocycles. The summed E-state index contributed by atoms with van der Waals surface area (Å²) in [6, 6.07) is 16.9. The van der Waals surface area contributed by atoms with Gasteiger partial charge in [0.25, 0.3) is 5.91 Å². The fraction of sp³-hybridized carbons (Fsp3) is 0.214. The number of nitrogens with zero attached hydrogens (tertiary/aromatic N) is 2. The summed E-state index contributed by atoms with van der Waals surface area (Å²) in [5.74, 6) is -1.44. The largest absolute Gasteiger partial charge is 0.478 e. The van der Waals surface area contributed by atoms with E-state index in [1.807, 2.05) is 12.1 Å². The molecule has 1 amide bonds. The number of nitrogens with one attached hydrogen (secondary N) is 1. The fourth-order valence-corrected chi connectivity index (χ4v) is 4.21. The molecule has 0 fully saturated rings. The molecule has 8 nitrogen and oxygen atoms in total. The Hall–Kier alpha value is -4.17. The monoisotopic (exact) mass is 519 g/mol. The third kappa shape index (κ3) is 5.65. The molecule has 1 heterocycles. The number of hydrogen-bond donors (Lipinski definition) is 2. The van der Waals surface area contributed by atoms with Gasteiger partial charge in [0.2, 0.25) is 0 Å². The molecule has 3 aromatic carbocycles. The molecule has 0 spiro atoms. The van der Waals surface area contributed by atoms with E-state index < -0.39 is 23.6 Å². The van der Waals surface area contributed by atoms with Crippen molar-refractivity contribution in [2.75, 3.05) is 0 Å². The van der Waals surface area contributed by atoms with Crippen LogP contribution in [-0.4, -0.2) is 38.5 Å². The zero-order chi connectivity index (χ0) is 26.9. The second-order valence-corrected chi connectivity index (χ2v) is 9.99.